The first-order valence-electron chi connectivity index (χ1n) is 6.92. The third-order valence-electron chi connectivity index (χ3n) is 4.17. The monoisotopic (exact) mass is 246 g/mol. The SMILES string of the molecule is CN1CCC(N(C)Cc2ccccc2)C(C)(C)C1. The van der Waals surface area contributed by atoms with Crippen molar-refractivity contribution in [3.63, 3.8) is 0 Å². The Morgan fingerprint density at radius 2 is 1.94 bits per heavy atom. The van der Waals surface area contributed by atoms with Crippen molar-refractivity contribution >= 4 is 0 Å². The van der Waals surface area contributed by atoms with Gasteiger partial charge in [0.1, 0.15) is 0 Å². The first-order chi connectivity index (χ1) is 8.49. The molecule has 1 unspecified atom stereocenters. The zero-order valence-corrected chi connectivity index (χ0v) is 12.2. The molecule has 2 heteroatoms. The van der Waals surface area contributed by atoms with Crippen molar-refractivity contribution in [2.75, 3.05) is 27.2 Å². The molecule has 1 atom stereocenters. The van der Waals surface area contributed by atoms with Gasteiger partial charge in [-0.05, 0) is 38.0 Å². The molecule has 18 heavy (non-hydrogen) atoms. The lowest BCUT2D eigenvalue weighted by Crippen LogP contribution is -2.53. The summed E-state index contributed by atoms with van der Waals surface area (Å²) in [5, 5.41) is 0. The highest BCUT2D eigenvalue weighted by Crippen LogP contribution is 2.32. The van der Waals surface area contributed by atoms with Gasteiger partial charge in [0, 0.05) is 19.1 Å². The van der Waals surface area contributed by atoms with Crippen LogP contribution < -0.4 is 0 Å². The smallest absolute Gasteiger partial charge is 0.0233 e. The Hall–Kier alpha value is -0.860. The van der Waals surface area contributed by atoms with E-state index in [0.29, 0.717) is 11.5 Å². The third-order valence-corrected chi connectivity index (χ3v) is 4.17. The standard InChI is InChI=1S/C16H26N2/c1-16(2)13-17(3)11-10-15(16)18(4)12-14-8-6-5-7-9-14/h5-9,15H,10-13H2,1-4H3. The lowest BCUT2D eigenvalue weighted by atomic mass is 9.78. The molecule has 1 aromatic carbocycles. The molecule has 100 valence electrons. The molecular weight excluding hydrogens is 220 g/mol. The summed E-state index contributed by atoms with van der Waals surface area (Å²) in [4.78, 5) is 4.98. The Morgan fingerprint density at radius 3 is 2.56 bits per heavy atom. The fourth-order valence-corrected chi connectivity index (χ4v) is 3.41. The molecular formula is C16H26N2. The topological polar surface area (TPSA) is 6.48 Å². The molecule has 1 heterocycles. The average Bonchev–Trinajstić information content (AvgIpc) is 2.28. The fraction of sp³-hybridized carbons (Fsp3) is 0.625. The van der Waals surface area contributed by atoms with Gasteiger partial charge in [-0.2, -0.15) is 0 Å². The van der Waals surface area contributed by atoms with Crippen LogP contribution in [0.25, 0.3) is 0 Å². The van der Waals surface area contributed by atoms with Crippen LogP contribution in [0, 0.1) is 5.41 Å². The van der Waals surface area contributed by atoms with Gasteiger partial charge in [-0.15, -0.1) is 0 Å². The number of benzene rings is 1. The van der Waals surface area contributed by atoms with E-state index in [0.717, 1.165) is 6.54 Å². The second-order valence-corrected chi connectivity index (χ2v) is 6.43. The van der Waals surface area contributed by atoms with Gasteiger partial charge in [0.05, 0.1) is 0 Å². The second-order valence-electron chi connectivity index (χ2n) is 6.43. The zero-order chi connectivity index (χ0) is 13.2. The van der Waals surface area contributed by atoms with Crippen LogP contribution in [0.15, 0.2) is 30.3 Å². The van der Waals surface area contributed by atoms with Gasteiger partial charge in [0.2, 0.25) is 0 Å². The quantitative estimate of drug-likeness (QED) is 0.809. The maximum atomic E-state index is 2.53. The van der Waals surface area contributed by atoms with Gasteiger partial charge in [0.15, 0.2) is 0 Å². The minimum absolute atomic E-state index is 0.372. The van der Waals surface area contributed by atoms with Crippen molar-refractivity contribution in [2.45, 2.75) is 32.9 Å². The summed E-state index contributed by atoms with van der Waals surface area (Å²) < 4.78 is 0. The van der Waals surface area contributed by atoms with E-state index in [-0.39, 0.29) is 0 Å². The van der Waals surface area contributed by atoms with Crippen molar-refractivity contribution < 1.29 is 0 Å². The van der Waals surface area contributed by atoms with Crippen LogP contribution in [0.2, 0.25) is 0 Å². The molecule has 0 radical (unpaired) electrons. The van der Waals surface area contributed by atoms with E-state index in [4.69, 9.17) is 0 Å². The Balaban J connectivity index is 2.02. The lowest BCUT2D eigenvalue weighted by molar-refractivity contribution is 0.0251. The summed E-state index contributed by atoms with van der Waals surface area (Å²) >= 11 is 0. The maximum Gasteiger partial charge on any atom is 0.0233 e. The van der Waals surface area contributed by atoms with E-state index in [1.54, 1.807) is 0 Å². The van der Waals surface area contributed by atoms with Gasteiger partial charge in [-0.3, -0.25) is 4.90 Å². The number of nitrogens with zero attached hydrogens (tertiary/aromatic N) is 2. The molecule has 2 rings (SSSR count). The van der Waals surface area contributed by atoms with Crippen LogP contribution in [0.5, 0.6) is 0 Å². The molecule has 0 N–H and O–H groups in total. The largest absolute Gasteiger partial charge is 0.306 e. The minimum Gasteiger partial charge on any atom is -0.306 e. The number of rotatable bonds is 3. The summed E-state index contributed by atoms with van der Waals surface area (Å²) in [5.74, 6) is 0. The van der Waals surface area contributed by atoms with E-state index in [1.165, 1.54) is 25.1 Å². The first kappa shape index (κ1) is 13.6. The molecule has 0 amide bonds. The van der Waals surface area contributed by atoms with Crippen molar-refractivity contribution in [1.29, 1.82) is 0 Å². The van der Waals surface area contributed by atoms with Gasteiger partial charge in [0.25, 0.3) is 0 Å². The predicted molar refractivity (Wildman–Crippen MR) is 77.6 cm³/mol. The molecule has 2 nitrogen and oxygen atoms in total. The minimum atomic E-state index is 0.372. The van der Waals surface area contributed by atoms with Crippen LogP contribution in [0.4, 0.5) is 0 Å². The molecule has 0 saturated carbocycles. The number of piperidine rings is 1. The Morgan fingerprint density at radius 1 is 1.28 bits per heavy atom. The summed E-state index contributed by atoms with van der Waals surface area (Å²) in [6.07, 6.45) is 1.27. The Bertz CT molecular complexity index is 372. The highest BCUT2D eigenvalue weighted by atomic mass is 15.2. The maximum absolute atomic E-state index is 2.53. The van der Waals surface area contributed by atoms with Gasteiger partial charge >= 0.3 is 0 Å². The molecule has 1 aliphatic heterocycles. The van der Waals surface area contributed by atoms with Crippen LogP contribution in [0.3, 0.4) is 0 Å². The average molecular weight is 246 g/mol. The van der Waals surface area contributed by atoms with Crippen LogP contribution in [-0.4, -0.2) is 43.0 Å². The lowest BCUT2D eigenvalue weighted by Gasteiger charge is -2.47. The zero-order valence-electron chi connectivity index (χ0n) is 12.2. The molecule has 1 aliphatic rings. The van der Waals surface area contributed by atoms with Crippen molar-refractivity contribution in [3.05, 3.63) is 35.9 Å². The normalized spacial score (nSPS) is 24.4. The van der Waals surface area contributed by atoms with E-state index in [9.17, 15) is 0 Å². The van der Waals surface area contributed by atoms with Gasteiger partial charge in [-0.25, -0.2) is 0 Å². The molecule has 0 spiro atoms. The number of hydrogen-bond donors (Lipinski definition) is 0. The summed E-state index contributed by atoms with van der Waals surface area (Å²) in [5.41, 5.74) is 1.78. The van der Waals surface area contributed by atoms with Gasteiger partial charge < -0.3 is 4.90 Å². The predicted octanol–water partition coefficient (Wildman–Crippen LogP) is 2.85. The Kier molecular flexibility index (Phi) is 4.08. The fourth-order valence-electron chi connectivity index (χ4n) is 3.41. The van der Waals surface area contributed by atoms with E-state index in [1.807, 2.05) is 0 Å². The van der Waals surface area contributed by atoms with Crippen molar-refractivity contribution in [1.82, 2.24) is 9.80 Å². The highest BCUT2D eigenvalue weighted by molar-refractivity contribution is 5.14. The first-order valence-corrected chi connectivity index (χ1v) is 6.92. The Labute approximate surface area is 112 Å². The molecule has 0 aromatic heterocycles. The molecule has 1 saturated heterocycles. The summed E-state index contributed by atoms with van der Waals surface area (Å²) in [6.45, 7) is 8.26. The number of hydrogen-bond acceptors (Lipinski definition) is 2. The molecule has 0 bridgehead atoms. The van der Waals surface area contributed by atoms with Gasteiger partial charge in [-0.1, -0.05) is 44.2 Å². The van der Waals surface area contributed by atoms with E-state index in [2.05, 4.69) is 68.1 Å². The van der Waals surface area contributed by atoms with Crippen molar-refractivity contribution in [3.8, 4) is 0 Å². The van der Waals surface area contributed by atoms with Crippen molar-refractivity contribution in [2.24, 2.45) is 5.41 Å². The van der Waals surface area contributed by atoms with Crippen LogP contribution >= 0.6 is 0 Å². The van der Waals surface area contributed by atoms with Crippen LogP contribution in [-0.2, 0) is 6.54 Å². The van der Waals surface area contributed by atoms with Crippen LogP contribution in [0.1, 0.15) is 25.8 Å². The second kappa shape index (κ2) is 5.41. The van der Waals surface area contributed by atoms with E-state index >= 15 is 0 Å². The summed E-state index contributed by atoms with van der Waals surface area (Å²) in [6, 6.07) is 11.5. The molecule has 0 aliphatic carbocycles. The third kappa shape index (κ3) is 3.12. The highest BCUT2D eigenvalue weighted by Gasteiger charge is 2.36. The summed E-state index contributed by atoms with van der Waals surface area (Å²) in [7, 11) is 4.50. The molecule has 1 aromatic rings. The van der Waals surface area contributed by atoms with E-state index < -0.39 is 0 Å². The number of likely N-dealkylation sites (tertiary alicyclic amines) is 1. The molecule has 1 fully saturated rings.